The van der Waals surface area contributed by atoms with Crippen molar-refractivity contribution < 1.29 is 4.74 Å². The summed E-state index contributed by atoms with van der Waals surface area (Å²) in [4.78, 5) is 2.64. The normalized spacial score (nSPS) is 40.3. The SMILES string of the molecule is CCC1COCCN1C1CCC(N)C1. The number of hydrogen-bond donors (Lipinski definition) is 1. The van der Waals surface area contributed by atoms with E-state index in [9.17, 15) is 0 Å². The van der Waals surface area contributed by atoms with Crippen LogP contribution in [0.5, 0.6) is 0 Å². The summed E-state index contributed by atoms with van der Waals surface area (Å²) in [5, 5.41) is 0. The lowest BCUT2D eigenvalue weighted by atomic mass is 10.1. The van der Waals surface area contributed by atoms with Gasteiger partial charge in [0, 0.05) is 24.7 Å². The molecule has 0 aromatic rings. The average Bonchev–Trinajstić information content (AvgIpc) is 2.65. The number of rotatable bonds is 2. The van der Waals surface area contributed by atoms with Crippen LogP contribution in [0.4, 0.5) is 0 Å². The predicted octanol–water partition coefficient (Wildman–Crippen LogP) is 0.977. The van der Waals surface area contributed by atoms with Gasteiger partial charge in [-0.15, -0.1) is 0 Å². The largest absolute Gasteiger partial charge is 0.378 e. The molecule has 0 aromatic carbocycles. The summed E-state index contributed by atoms with van der Waals surface area (Å²) in [5.41, 5.74) is 5.96. The summed E-state index contributed by atoms with van der Waals surface area (Å²) < 4.78 is 5.52. The second kappa shape index (κ2) is 4.60. The van der Waals surface area contributed by atoms with Crippen molar-refractivity contribution in [1.29, 1.82) is 0 Å². The molecule has 1 heterocycles. The molecule has 3 heteroatoms. The van der Waals surface area contributed by atoms with E-state index >= 15 is 0 Å². The zero-order valence-corrected chi connectivity index (χ0v) is 9.11. The fourth-order valence-electron chi connectivity index (χ4n) is 2.79. The summed E-state index contributed by atoms with van der Waals surface area (Å²) >= 11 is 0. The van der Waals surface area contributed by atoms with Gasteiger partial charge < -0.3 is 10.5 Å². The van der Waals surface area contributed by atoms with Crippen LogP contribution in [-0.2, 0) is 4.74 Å². The molecule has 3 atom stereocenters. The lowest BCUT2D eigenvalue weighted by Crippen LogP contribution is -2.50. The molecule has 3 unspecified atom stereocenters. The predicted molar refractivity (Wildman–Crippen MR) is 57.2 cm³/mol. The molecule has 2 rings (SSSR count). The first-order valence-electron chi connectivity index (χ1n) is 5.90. The van der Waals surface area contributed by atoms with Crippen molar-refractivity contribution in [1.82, 2.24) is 4.90 Å². The summed E-state index contributed by atoms with van der Waals surface area (Å²) in [6, 6.07) is 1.82. The van der Waals surface area contributed by atoms with Gasteiger partial charge in [-0.2, -0.15) is 0 Å². The van der Waals surface area contributed by atoms with E-state index in [0.717, 1.165) is 25.8 Å². The Morgan fingerprint density at radius 1 is 1.43 bits per heavy atom. The zero-order chi connectivity index (χ0) is 9.97. The molecular weight excluding hydrogens is 176 g/mol. The van der Waals surface area contributed by atoms with Gasteiger partial charge in [0.15, 0.2) is 0 Å². The highest BCUT2D eigenvalue weighted by Gasteiger charge is 2.32. The van der Waals surface area contributed by atoms with Gasteiger partial charge in [0.2, 0.25) is 0 Å². The first-order chi connectivity index (χ1) is 6.81. The van der Waals surface area contributed by atoms with Crippen molar-refractivity contribution in [3.05, 3.63) is 0 Å². The van der Waals surface area contributed by atoms with Crippen LogP contribution >= 0.6 is 0 Å². The fraction of sp³-hybridized carbons (Fsp3) is 1.00. The number of nitrogens with two attached hydrogens (primary N) is 1. The minimum atomic E-state index is 0.445. The van der Waals surface area contributed by atoms with Crippen molar-refractivity contribution in [2.45, 2.75) is 50.7 Å². The molecule has 1 saturated heterocycles. The van der Waals surface area contributed by atoms with Crippen molar-refractivity contribution in [2.75, 3.05) is 19.8 Å². The highest BCUT2D eigenvalue weighted by Crippen LogP contribution is 2.26. The minimum absolute atomic E-state index is 0.445. The second-order valence-corrected chi connectivity index (χ2v) is 4.60. The van der Waals surface area contributed by atoms with Gasteiger partial charge in [-0.25, -0.2) is 0 Å². The Hall–Kier alpha value is -0.120. The van der Waals surface area contributed by atoms with Crippen LogP contribution in [-0.4, -0.2) is 42.8 Å². The highest BCUT2D eigenvalue weighted by molar-refractivity contribution is 4.88. The molecule has 0 spiro atoms. The maximum atomic E-state index is 5.96. The van der Waals surface area contributed by atoms with Crippen LogP contribution in [0, 0.1) is 0 Å². The van der Waals surface area contributed by atoms with Crippen LogP contribution in [0.3, 0.4) is 0 Å². The number of nitrogens with zero attached hydrogens (tertiary/aromatic N) is 1. The molecule has 0 bridgehead atoms. The molecule has 0 aromatic heterocycles. The number of hydrogen-bond acceptors (Lipinski definition) is 3. The van der Waals surface area contributed by atoms with Gasteiger partial charge in [0.05, 0.1) is 13.2 Å². The van der Waals surface area contributed by atoms with Crippen LogP contribution < -0.4 is 5.73 Å². The summed E-state index contributed by atoms with van der Waals surface area (Å²) in [6.45, 7) is 5.18. The maximum absolute atomic E-state index is 5.96. The van der Waals surface area contributed by atoms with E-state index in [1.54, 1.807) is 0 Å². The Morgan fingerprint density at radius 3 is 2.93 bits per heavy atom. The maximum Gasteiger partial charge on any atom is 0.0622 e. The summed E-state index contributed by atoms with van der Waals surface area (Å²) in [7, 11) is 0. The summed E-state index contributed by atoms with van der Waals surface area (Å²) in [5.74, 6) is 0. The Bertz CT molecular complexity index is 186. The van der Waals surface area contributed by atoms with Crippen molar-refractivity contribution in [3.63, 3.8) is 0 Å². The molecule has 0 radical (unpaired) electrons. The Balaban J connectivity index is 1.93. The van der Waals surface area contributed by atoms with E-state index in [2.05, 4.69) is 11.8 Å². The molecule has 2 N–H and O–H groups in total. The molecule has 82 valence electrons. The van der Waals surface area contributed by atoms with Crippen LogP contribution in [0.2, 0.25) is 0 Å². The Kier molecular flexibility index (Phi) is 3.42. The third-order valence-electron chi connectivity index (χ3n) is 3.66. The quantitative estimate of drug-likeness (QED) is 0.719. The molecule has 0 amide bonds. The van der Waals surface area contributed by atoms with E-state index in [-0.39, 0.29) is 0 Å². The van der Waals surface area contributed by atoms with E-state index in [1.165, 1.54) is 25.7 Å². The van der Waals surface area contributed by atoms with Gasteiger partial charge in [-0.3, -0.25) is 4.90 Å². The van der Waals surface area contributed by atoms with Crippen molar-refractivity contribution in [3.8, 4) is 0 Å². The topological polar surface area (TPSA) is 38.5 Å². The minimum Gasteiger partial charge on any atom is -0.378 e. The van der Waals surface area contributed by atoms with Gasteiger partial charge >= 0.3 is 0 Å². The second-order valence-electron chi connectivity index (χ2n) is 4.60. The van der Waals surface area contributed by atoms with Gasteiger partial charge in [-0.05, 0) is 25.7 Å². The van der Waals surface area contributed by atoms with Crippen molar-refractivity contribution >= 4 is 0 Å². The van der Waals surface area contributed by atoms with Crippen LogP contribution in [0.25, 0.3) is 0 Å². The van der Waals surface area contributed by atoms with E-state index in [0.29, 0.717) is 12.1 Å². The third-order valence-corrected chi connectivity index (χ3v) is 3.66. The number of ether oxygens (including phenoxy) is 1. The van der Waals surface area contributed by atoms with Gasteiger partial charge in [-0.1, -0.05) is 6.92 Å². The fourth-order valence-corrected chi connectivity index (χ4v) is 2.79. The van der Waals surface area contributed by atoms with Crippen LogP contribution in [0.15, 0.2) is 0 Å². The van der Waals surface area contributed by atoms with E-state index in [1.807, 2.05) is 0 Å². The lowest BCUT2D eigenvalue weighted by Gasteiger charge is -2.39. The lowest BCUT2D eigenvalue weighted by molar-refractivity contribution is -0.0289. The standard InChI is InChI=1S/C11H22N2O/c1-2-10-8-14-6-5-13(10)11-4-3-9(12)7-11/h9-11H,2-8,12H2,1H3. The molecule has 3 nitrogen and oxygen atoms in total. The van der Waals surface area contributed by atoms with Gasteiger partial charge in [0.1, 0.15) is 0 Å². The molecular formula is C11H22N2O. The molecule has 2 fully saturated rings. The van der Waals surface area contributed by atoms with Crippen molar-refractivity contribution in [2.24, 2.45) is 5.73 Å². The summed E-state index contributed by atoms with van der Waals surface area (Å²) in [6.07, 6.45) is 4.89. The Morgan fingerprint density at radius 2 is 2.29 bits per heavy atom. The van der Waals surface area contributed by atoms with Crippen LogP contribution in [0.1, 0.15) is 32.6 Å². The highest BCUT2D eigenvalue weighted by atomic mass is 16.5. The average molecular weight is 198 g/mol. The number of morpholine rings is 1. The Labute approximate surface area is 86.6 Å². The van der Waals surface area contributed by atoms with Gasteiger partial charge in [0.25, 0.3) is 0 Å². The molecule has 1 aliphatic heterocycles. The first kappa shape index (κ1) is 10.4. The molecule has 2 aliphatic rings. The molecule has 14 heavy (non-hydrogen) atoms. The van der Waals surface area contributed by atoms with E-state index < -0.39 is 0 Å². The molecule has 1 saturated carbocycles. The smallest absolute Gasteiger partial charge is 0.0622 e. The third kappa shape index (κ3) is 2.10. The van der Waals surface area contributed by atoms with E-state index in [4.69, 9.17) is 10.5 Å². The zero-order valence-electron chi connectivity index (χ0n) is 9.11. The monoisotopic (exact) mass is 198 g/mol. The first-order valence-corrected chi connectivity index (χ1v) is 5.90. The molecule has 1 aliphatic carbocycles.